The molecule has 2 amide bonds. The van der Waals surface area contributed by atoms with Crippen molar-refractivity contribution in [1.82, 2.24) is 10.2 Å². The van der Waals surface area contributed by atoms with Crippen LogP contribution >= 0.6 is 11.8 Å². The molecule has 0 aromatic heterocycles. The first kappa shape index (κ1) is 15.9. The third-order valence-electron chi connectivity index (χ3n) is 3.42. The average Bonchev–Trinajstić information content (AvgIpc) is 2.84. The summed E-state index contributed by atoms with van der Waals surface area (Å²) >= 11 is 1.28. The number of carbonyl (C=O) groups excluding carboxylic acids is 2. The molecule has 1 aliphatic heterocycles. The van der Waals surface area contributed by atoms with E-state index in [9.17, 15) is 9.59 Å². The molecule has 0 spiro atoms. The van der Waals surface area contributed by atoms with Gasteiger partial charge in [-0.3, -0.25) is 9.59 Å². The summed E-state index contributed by atoms with van der Waals surface area (Å²) in [6.45, 7) is 5.11. The summed E-state index contributed by atoms with van der Waals surface area (Å²) in [5, 5.41) is 3.07. The van der Waals surface area contributed by atoms with E-state index in [4.69, 9.17) is 0 Å². The fourth-order valence-electron chi connectivity index (χ4n) is 2.42. The summed E-state index contributed by atoms with van der Waals surface area (Å²) in [7, 11) is 0. The Morgan fingerprint density at radius 2 is 2.05 bits per heavy atom. The van der Waals surface area contributed by atoms with Crippen LogP contribution in [0.1, 0.15) is 31.9 Å². The highest BCUT2D eigenvalue weighted by molar-refractivity contribution is 8.13. The molecule has 114 valence electrons. The second kappa shape index (κ2) is 7.50. The highest BCUT2D eigenvalue weighted by Crippen LogP contribution is 2.21. The molecule has 1 heterocycles. The normalized spacial score (nSPS) is 16.3. The van der Waals surface area contributed by atoms with Crippen LogP contribution in [-0.4, -0.2) is 34.9 Å². The highest BCUT2D eigenvalue weighted by Gasteiger charge is 2.24. The van der Waals surface area contributed by atoms with Gasteiger partial charge in [-0.1, -0.05) is 55.9 Å². The molecule has 2 rings (SSSR count). The Labute approximate surface area is 130 Å². The van der Waals surface area contributed by atoms with Crippen LogP contribution < -0.4 is 5.32 Å². The third-order valence-corrected chi connectivity index (χ3v) is 4.32. The molecule has 1 saturated heterocycles. The lowest BCUT2D eigenvalue weighted by Crippen LogP contribution is -2.39. The van der Waals surface area contributed by atoms with Gasteiger partial charge in [-0.05, 0) is 17.9 Å². The average molecular weight is 306 g/mol. The predicted octanol–water partition coefficient (Wildman–Crippen LogP) is 3.06. The fraction of sp³-hybridized carbons (Fsp3) is 0.500. The van der Waals surface area contributed by atoms with Crippen molar-refractivity contribution in [3.05, 3.63) is 35.9 Å². The van der Waals surface area contributed by atoms with Gasteiger partial charge in [0.05, 0.1) is 6.04 Å². The maximum absolute atomic E-state index is 12.2. The molecule has 1 aromatic carbocycles. The van der Waals surface area contributed by atoms with Gasteiger partial charge in [-0.2, -0.15) is 0 Å². The molecule has 0 radical (unpaired) electrons. The Morgan fingerprint density at radius 3 is 2.62 bits per heavy atom. The van der Waals surface area contributed by atoms with Crippen molar-refractivity contribution in [1.29, 1.82) is 0 Å². The molecule has 0 unspecified atom stereocenters. The number of carbonyl (C=O) groups is 2. The van der Waals surface area contributed by atoms with Crippen LogP contribution in [0.3, 0.4) is 0 Å². The highest BCUT2D eigenvalue weighted by atomic mass is 32.2. The number of benzene rings is 1. The van der Waals surface area contributed by atoms with Gasteiger partial charge in [0.15, 0.2) is 0 Å². The molecule has 5 heteroatoms. The van der Waals surface area contributed by atoms with Crippen molar-refractivity contribution >= 4 is 22.9 Å². The first-order valence-corrected chi connectivity index (χ1v) is 8.31. The molecule has 1 fully saturated rings. The summed E-state index contributed by atoms with van der Waals surface area (Å²) in [5.74, 6) is 1.18. The zero-order chi connectivity index (χ0) is 15.2. The molecular weight excluding hydrogens is 284 g/mol. The third kappa shape index (κ3) is 4.77. The van der Waals surface area contributed by atoms with Crippen molar-refractivity contribution in [3.63, 3.8) is 0 Å². The predicted molar refractivity (Wildman–Crippen MR) is 86.2 cm³/mol. The number of nitrogens with one attached hydrogen (secondary N) is 1. The second-order valence-electron chi connectivity index (χ2n) is 5.70. The zero-order valence-electron chi connectivity index (χ0n) is 12.5. The molecule has 4 nitrogen and oxygen atoms in total. The van der Waals surface area contributed by atoms with E-state index in [1.165, 1.54) is 11.8 Å². The summed E-state index contributed by atoms with van der Waals surface area (Å²) in [5.41, 5.74) is 1.11. The Bertz CT molecular complexity index is 490. The zero-order valence-corrected chi connectivity index (χ0v) is 13.4. The van der Waals surface area contributed by atoms with Gasteiger partial charge < -0.3 is 10.2 Å². The van der Waals surface area contributed by atoms with E-state index in [1.807, 2.05) is 30.3 Å². The molecule has 1 atom stereocenters. The second-order valence-corrected chi connectivity index (χ2v) is 6.74. The number of nitrogens with zero attached hydrogens (tertiary/aromatic N) is 1. The molecule has 1 aromatic rings. The fourth-order valence-corrected chi connectivity index (χ4v) is 3.24. The Hall–Kier alpha value is -1.49. The molecule has 1 aliphatic rings. The van der Waals surface area contributed by atoms with E-state index in [2.05, 4.69) is 19.2 Å². The minimum absolute atomic E-state index is 0.00376. The number of rotatable bonds is 6. The van der Waals surface area contributed by atoms with Crippen LogP contribution in [0.25, 0.3) is 0 Å². The summed E-state index contributed by atoms with van der Waals surface area (Å²) in [6.07, 6.45) is 0.887. The standard InChI is InChI=1S/C16H22N2O2S/c1-12(2)10-14(13-6-4-3-5-7-13)17-15(19)11-18-8-9-21-16(18)20/h3-7,12,14H,8-11H2,1-2H3,(H,17,19)/t14-/m1/s1. The lowest BCUT2D eigenvalue weighted by molar-refractivity contribution is -0.122. The van der Waals surface area contributed by atoms with Gasteiger partial charge >= 0.3 is 0 Å². The van der Waals surface area contributed by atoms with E-state index in [0.717, 1.165) is 17.7 Å². The van der Waals surface area contributed by atoms with Gasteiger partial charge in [0, 0.05) is 12.3 Å². The maximum Gasteiger partial charge on any atom is 0.282 e. The van der Waals surface area contributed by atoms with Gasteiger partial charge in [0.1, 0.15) is 6.54 Å². The van der Waals surface area contributed by atoms with Crippen LogP contribution in [0.2, 0.25) is 0 Å². The van der Waals surface area contributed by atoms with Crippen LogP contribution in [0.4, 0.5) is 4.79 Å². The summed E-state index contributed by atoms with van der Waals surface area (Å²) in [6, 6.07) is 10.0. The van der Waals surface area contributed by atoms with Crippen LogP contribution in [0, 0.1) is 5.92 Å². The molecule has 1 N–H and O–H groups in total. The molecule has 0 saturated carbocycles. The van der Waals surface area contributed by atoms with E-state index in [0.29, 0.717) is 12.5 Å². The van der Waals surface area contributed by atoms with Crippen LogP contribution in [0.5, 0.6) is 0 Å². The van der Waals surface area contributed by atoms with Crippen molar-refractivity contribution < 1.29 is 9.59 Å². The Morgan fingerprint density at radius 1 is 1.33 bits per heavy atom. The molecule has 21 heavy (non-hydrogen) atoms. The first-order valence-electron chi connectivity index (χ1n) is 7.32. The van der Waals surface area contributed by atoms with Crippen LogP contribution in [0.15, 0.2) is 30.3 Å². The summed E-state index contributed by atoms with van der Waals surface area (Å²) in [4.78, 5) is 25.4. The van der Waals surface area contributed by atoms with Gasteiger partial charge in [0.2, 0.25) is 5.91 Å². The quantitative estimate of drug-likeness (QED) is 0.879. The van der Waals surface area contributed by atoms with Gasteiger partial charge in [0.25, 0.3) is 5.24 Å². The number of hydrogen-bond acceptors (Lipinski definition) is 3. The van der Waals surface area contributed by atoms with E-state index < -0.39 is 0 Å². The lowest BCUT2D eigenvalue weighted by Gasteiger charge is -2.23. The topological polar surface area (TPSA) is 49.4 Å². The van der Waals surface area contributed by atoms with Crippen molar-refractivity contribution in [2.24, 2.45) is 5.92 Å². The molecule has 0 aliphatic carbocycles. The van der Waals surface area contributed by atoms with Crippen molar-refractivity contribution in [2.45, 2.75) is 26.3 Å². The smallest absolute Gasteiger partial charge is 0.282 e. The Balaban J connectivity index is 1.98. The van der Waals surface area contributed by atoms with Crippen molar-refractivity contribution in [2.75, 3.05) is 18.8 Å². The molecule has 0 bridgehead atoms. The number of amides is 2. The Kier molecular flexibility index (Phi) is 5.67. The number of thioether (sulfide) groups is 1. The molecular formula is C16H22N2O2S. The summed E-state index contributed by atoms with van der Waals surface area (Å²) < 4.78 is 0. The monoisotopic (exact) mass is 306 g/mol. The van der Waals surface area contributed by atoms with E-state index >= 15 is 0 Å². The van der Waals surface area contributed by atoms with Gasteiger partial charge in [-0.15, -0.1) is 0 Å². The first-order chi connectivity index (χ1) is 10.1. The van der Waals surface area contributed by atoms with Gasteiger partial charge in [-0.25, -0.2) is 0 Å². The van der Waals surface area contributed by atoms with E-state index in [-0.39, 0.29) is 23.7 Å². The van der Waals surface area contributed by atoms with E-state index in [1.54, 1.807) is 4.90 Å². The van der Waals surface area contributed by atoms with Crippen molar-refractivity contribution in [3.8, 4) is 0 Å². The maximum atomic E-state index is 12.2. The minimum atomic E-state index is -0.0830. The number of hydrogen-bond donors (Lipinski definition) is 1. The SMILES string of the molecule is CC(C)C[C@@H](NC(=O)CN1CCSC1=O)c1ccccc1. The lowest BCUT2D eigenvalue weighted by atomic mass is 9.97. The largest absolute Gasteiger partial charge is 0.348 e. The van der Waals surface area contributed by atoms with Crippen LogP contribution in [-0.2, 0) is 4.79 Å². The minimum Gasteiger partial charge on any atom is -0.348 e.